The van der Waals surface area contributed by atoms with E-state index in [0.717, 1.165) is 50.1 Å². The van der Waals surface area contributed by atoms with Crippen molar-refractivity contribution in [3.63, 3.8) is 0 Å². The number of rotatable bonds is 4. The lowest BCUT2D eigenvalue weighted by Gasteiger charge is -2.09. The van der Waals surface area contributed by atoms with E-state index in [9.17, 15) is 4.79 Å². The molecule has 30 heavy (non-hydrogen) atoms. The fourth-order valence-electron chi connectivity index (χ4n) is 3.86. The van der Waals surface area contributed by atoms with Crippen LogP contribution in [0.25, 0.3) is 33.1 Å². The first-order valence-electron chi connectivity index (χ1n) is 9.91. The van der Waals surface area contributed by atoms with Crippen molar-refractivity contribution in [2.45, 2.75) is 26.7 Å². The van der Waals surface area contributed by atoms with Crippen LogP contribution in [0, 0.1) is 13.8 Å². The molecule has 6 nitrogen and oxygen atoms in total. The molecule has 0 aliphatic heterocycles. The van der Waals surface area contributed by atoms with Crippen molar-refractivity contribution in [3.8, 4) is 11.3 Å². The third-order valence-electron chi connectivity index (χ3n) is 5.48. The second kappa shape index (κ2) is 6.91. The maximum atomic E-state index is 13.1. The molecule has 0 bridgehead atoms. The Kier molecular flexibility index (Phi) is 4.20. The third-order valence-corrected chi connectivity index (χ3v) is 5.48. The Morgan fingerprint density at radius 1 is 1.00 bits per heavy atom. The summed E-state index contributed by atoms with van der Waals surface area (Å²) >= 11 is 0. The van der Waals surface area contributed by atoms with Crippen molar-refractivity contribution < 1.29 is 4.79 Å². The number of aromatic amines is 2. The number of carbonyl (C=O) groups is 1. The van der Waals surface area contributed by atoms with Gasteiger partial charge in [-0.1, -0.05) is 6.07 Å². The number of nitrogens with one attached hydrogen (secondary N) is 2. The molecule has 0 spiro atoms. The third kappa shape index (κ3) is 3.06. The molecule has 0 saturated carbocycles. The van der Waals surface area contributed by atoms with E-state index in [-0.39, 0.29) is 11.7 Å². The number of aromatic nitrogens is 5. The smallest absolute Gasteiger partial charge is 0.187 e. The summed E-state index contributed by atoms with van der Waals surface area (Å²) in [5.41, 5.74) is 6.93. The summed E-state index contributed by atoms with van der Waals surface area (Å²) in [5, 5.41) is 9.60. The predicted molar refractivity (Wildman–Crippen MR) is 118 cm³/mol. The topological polar surface area (TPSA) is 87.3 Å². The predicted octanol–water partition coefficient (Wildman–Crippen LogP) is 5.10. The molecule has 1 atom stereocenters. The Hall–Kier alpha value is -3.80. The summed E-state index contributed by atoms with van der Waals surface area (Å²) in [5.74, 6) is -0.295. The minimum absolute atomic E-state index is 0.0241. The zero-order valence-corrected chi connectivity index (χ0v) is 17.0. The van der Waals surface area contributed by atoms with E-state index >= 15 is 0 Å². The highest BCUT2D eigenvalue weighted by molar-refractivity contribution is 6.07. The standard InChI is InChI=1S/C24H21N5O/c1-13-5-4-6-19(26-13)15(3)24(30)22-11-17-10-18-21(12-20(17)27-22)28-29-23(18)16-7-8-25-14(2)9-16/h4-12,15,27H,1-3H3,(H,28,29)/t15-/m1/s1. The summed E-state index contributed by atoms with van der Waals surface area (Å²) in [7, 11) is 0. The van der Waals surface area contributed by atoms with E-state index in [2.05, 4.69) is 31.2 Å². The number of Topliss-reactive ketones (excluding diaryl/α,β-unsaturated/α-hetero) is 1. The number of H-pyrrole nitrogens is 2. The molecule has 5 rings (SSSR count). The van der Waals surface area contributed by atoms with Crippen molar-refractivity contribution >= 4 is 27.6 Å². The Morgan fingerprint density at radius 2 is 1.87 bits per heavy atom. The molecule has 0 aliphatic rings. The summed E-state index contributed by atoms with van der Waals surface area (Å²) in [6.07, 6.45) is 1.79. The Bertz CT molecular complexity index is 1410. The van der Waals surface area contributed by atoms with Crippen LogP contribution < -0.4 is 0 Å². The van der Waals surface area contributed by atoms with Crippen LogP contribution in [-0.4, -0.2) is 30.9 Å². The number of ketones is 1. The second-order valence-corrected chi connectivity index (χ2v) is 7.72. The lowest BCUT2D eigenvalue weighted by Crippen LogP contribution is -2.11. The molecule has 4 aromatic heterocycles. The highest BCUT2D eigenvalue weighted by atomic mass is 16.1. The first kappa shape index (κ1) is 18.2. The molecule has 2 N–H and O–H groups in total. The first-order valence-corrected chi connectivity index (χ1v) is 9.91. The van der Waals surface area contributed by atoms with Gasteiger partial charge in [0.25, 0.3) is 0 Å². The summed E-state index contributed by atoms with van der Waals surface area (Å²) in [4.78, 5) is 25.1. The molecule has 5 aromatic rings. The number of hydrogen-bond donors (Lipinski definition) is 2. The van der Waals surface area contributed by atoms with Crippen LogP contribution in [0.4, 0.5) is 0 Å². The Balaban J connectivity index is 1.56. The zero-order valence-electron chi connectivity index (χ0n) is 17.0. The monoisotopic (exact) mass is 395 g/mol. The number of nitrogens with zero attached hydrogens (tertiary/aromatic N) is 3. The van der Waals surface area contributed by atoms with Gasteiger partial charge >= 0.3 is 0 Å². The number of pyridine rings is 2. The fraction of sp³-hybridized carbons (Fsp3) is 0.167. The molecule has 0 unspecified atom stereocenters. The highest BCUT2D eigenvalue weighted by Gasteiger charge is 2.21. The molecule has 4 heterocycles. The van der Waals surface area contributed by atoms with Crippen LogP contribution in [-0.2, 0) is 0 Å². The largest absolute Gasteiger partial charge is 0.352 e. The molecule has 148 valence electrons. The van der Waals surface area contributed by atoms with Gasteiger partial charge in [0.2, 0.25) is 0 Å². The van der Waals surface area contributed by atoms with Gasteiger partial charge < -0.3 is 4.98 Å². The molecule has 6 heteroatoms. The normalized spacial score (nSPS) is 12.5. The first-order chi connectivity index (χ1) is 14.5. The van der Waals surface area contributed by atoms with Gasteiger partial charge in [0.15, 0.2) is 5.78 Å². The fourth-order valence-corrected chi connectivity index (χ4v) is 3.86. The maximum absolute atomic E-state index is 13.1. The summed E-state index contributed by atoms with van der Waals surface area (Å²) in [6, 6.07) is 15.7. The van der Waals surface area contributed by atoms with Crippen LogP contribution in [0.15, 0.2) is 54.7 Å². The number of fused-ring (bicyclic) bond motifs is 2. The molecular weight excluding hydrogens is 374 g/mol. The lowest BCUT2D eigenvalue weighted by molar-refractivity contribution is 0.0960. The molecule has 1 aromatic carbocycles. The summed E-state index contributed by atoms with van der Waals surface area (Å²) in [6.45, 7) is 5.79. The maximum Gasteiger partial charge on any atom is 0.187 e. The zero-order chi connectivity index (χ0) is 20.8. The van der Waals surface area contributed by atoms with Crippen LogP contribution >= 0.6 is 0 Å². The van der Waals surface area contributed by atoms with Crippen molar-refractivity contribution in [3.05, 3.63) is 77.5 Å². The average molecular weight is 395 g/mol. The van der Waals surface area contributed by atoms with Gasteiger partial charge in [-0.3, -0.25) is 19.9 Å². The molecule has 0 amide bonds. The molecule has 0 aliphatic carbocycles. The van der Waals surface area contributed by atoms with Gasteiger partial charge in [0, 0.05) is 39.4 Å². The quantitative estimate of drug-likeness (QED) is 0.414. The van der Waals surface area contributed by atoms with Gasteiger partial charge in [0.05, 0.1) is 22.8 Å². The molecule has 0 saturated heterocycles. The van der Waals surface area contributed by atoms with Gasteiger partial charge in [-0.25, -0.2) is 0 Å². The van der Waals surface area contributed by atoms with Gasteiger partial charge in [-0.15, -0.1) is 0 Å². The Labute approximate surface area is 173 Å². The van der Waals surface area contributed by atoms with E-state index < -0.39 is 0 Å². The van der Waals surface area contributed by atoms with Crippen molar-refractivity contribution in [1.29, 1.82) is 0 Å². The van der Waals surface area contributed by atoms with Crippen molar-refractivity contribution in [1.82, 2.24) is 25.1 Å². The lowest BCUT2D eigenvalue weighted by atomic mass is 9.99. The minimum atomic E-state index is -0.320. The van der Waals surface area contributed by atoms with E-state index in [4.69, 9.17) is 0 Å². The van der Waals surface area contributed by atoms with Gasteiger partial charge in [0.1, 0.15) is 5.69 Å². The van der Waals surface area contributed by atoms with Gasteiger partial charge in [-0.05, 0) is 63.2 Å². The summed E-state index contributed by atoms with van der Waals surface area (Å²) < 4.78 is 0. The van der Waals surface area contributed by atoms with Crippen LogP contribution in [0.1, 0.15) is 40.4 Å². The van der Waals surface area contributed by atoms with Crippen molar-refractivity contribution in [2.24, 2.45) is 0 Å². The molecule has 0 radical (unpaired) electrons. The SMILES string of the molecule is Cc1cc(-c2n[nH]c3cc4[nH]c(C(=O)[C@H](C)c5cccc(C)n5)cc4cc23)ccn1. The number of aryl methyl sites for hydroxylation is 2. The van der Waals surface area contributed by atoms with Gasteiger partial charge in [-0.2, -0.15) is 5.10 Å². The molecule has 0 fully saturated rings. The van der Waals surface area contributed by atoms with E-state index in [1.807, 2.05) is 63.2 Å². The average Bonchev–Trinajstić information content (AvgIpc) is 3.34. The second-order valence-electron chi connectivity index (χ2n) is 7.72. The molecular formula is C24H21N5O. The van der Waals surface area contributed by atoms with Crippen molar-refractivity contribution in [2.75, 3.05) is 0 Å². The van der Waals surface area contributed by atoms with E-state index in [1.54, 1.807) is 6.20 Å². The van der Waals surface area contributed by atoms with E-state index in [0.29, 0.717) is 5.69 Å². The number of benzene rings is 1. The van der Waals surface area contributed by atoms with Crippen LogP contribution in [0.3, 0.4) is 0 Å². The number of hydrogen-bond acceptors (Lipinski definition) is 4. The highest BCUT2D eigenvalue weighted by Crippen LogP contribution is 2.31. The Morgan fingerprint density at radius 3 is 2.67 bits per heavy atom. The van der Waals surface area contributed by atoms with E-state index in [1.165, 1.54) is 0 Å². The minimum Gasteiger partial charge on any atom is -0.352 e. The van der Waals surface area contributed by atoms with Crippen LogP contribution in [0.2, 0.25) is 0 Å². The number of carbonyl (C=O) groups excluding carboxylic acids is 1. The van der Waals surface area contributed by atoms with Crippen LogP contribution in [0.5, 0.6) is 0 Å².